The first-order chi connectivity index (χ1) is 20.1. The van der Waals surface area contributed by atoms with E-state index < -0.39 is 5.41 Å². The van der Waals surface area contributed by atoms with Gasteiger partial charge in [-0.3, -0.25) is 14.5 Å². The van der Waals surface area contributed by atoms with E-state index in [-0.39, 0.29) is 17.7 Å². The number of nitrogens with one attached hydrogen (secondary N) is 2. The lowest BCUT2D eigenvalue weighted by Gasteiger charge is -2.39. The Hall–Kier alpha value is -4.11. The number of aromatic nitrogens is 2. The quantitative estimate of drug-likeness (QED) is 0.478. The molecule has 4 aliphatic rings. The zero-order valence-electron chi connectivity index (χ0n) is 23.3. The van der Waals surface area contributed by atoms with Gasteiger partial charge in [0, 0.05) is 74.0 Å². The molecule has 0 radical (unpaired) electrons. The van der Waals surface area contributed by atoms with Gasteiger partial charge in [0.1, 0.15) is 0 Å². The van der Waals surface area contributed by atoms with Crippen LogP contribution < -0.4 is 14.8 Å². The molecule has 3 aromatic rings. The third kappa shape index (κ3) is 6.15. The fourth-order valence-corrected chi connectivity index (χ4v) is 6.25. The van der Waals surface area contributed by atoms with Gasteiger partial charge in [-0.1, -0.05) is 42.5 Å². The van der Waals surface area contributed by atoms with Gasteiger partial charge < -0.3 is 24.7 Å². The zero-order valence-corrected chi connectivity index (χ0v) is 23.3. The smallest absolute Gasteiger partial charge is 0.246 e. The number of fused-ring (bicyclic) bond motifs is 11. The molecule has 9 heteroatoms. The van der Waals surface area contributed by atoms with Crippen molar-refractivity contribution in [3.63, 3.8) is 0 Å². The maximum atomic E-state index is 13.3. The number of carbonyl (C=O) groups is 2. The standard InChI is InChI=1S/C32H37N5O4/c38-29-11-5-14-36(18-25-17-33-23-35-25)15-6-16-40-28-10-4-9-26-27-19-37(21-32(27,20-34-29)22-41-31(26)28)30(39)13-12-24-7-2-1-3-8-24/h1-4,7-10,12-13,17,23,27H,5-6,11,14-16,18-22H2,(H,33,35)(H,34,38)/b13-12+/t27-,32+/m0/s1. The molecule has 7 rings (SSSR count). The van der Waals surface area contributed by atoms with Crippen LogP contribution in [0.1, 0.15) is 42.0 Å². The lowest BCUT2D eigenvalue weighted by atomic mass is 9.73. The Labute approximate surface area is 240 Å². The molecule has 5 heterocycles. The van der Waals surface area contributed by atoms with E-state index in [1.807, 2.05) is 59.6 Å². The van der Waals surface area contributed by atoms with E-state index in [2.05, 4.69) is 26.3 Å². The summed E-state index contributed by atoms with van der Waals surface area (Å²) in [6.45, 7) is 4.90. The van der Waals surface area contributed by atoms with Crippen LogP contribution in [0.5, 0.6) is 11.5 Å². The second-order valence-electron chi connectivity index (χ2n) is 11.3. The van der Waals surface area contributed by atoms with Crippen LogP contribution in [0.15, 0.2) is 67.1 Å². The monoisotopic (exact) mass is 555 g/mol. The first-order valence-corrected chi connectivity index (χ1v) is 14.5. The van der Waals surface area contributed by atoms with Gasteiger partial charge in [-0.05, 0) is 37.1 Å². The molecule has 41 heavy (non-hydrogen) atoms. The van der Waals surface area contributed by atoms with E-state index in [1.54, 1.807) is 12.4 Å². The highest BCUT2D eigenvalue weighted by Crippen LogP contribution is 2.52. The number of H-pyrrole nitrogens is 1. The molecule has 1 aromatic heterocycles. The number of hydrogen-bond acceptors (Lipinski definition) is 6. The van der Waals surface area contributed by atoms with Crippen molar-refractivity contribution in [3.8, 4) is 11.5 Å². The van der Waals surface area contributed by atoms with E-state index in [0.29, 0.717) is 39.3 Å². The summed E-state index contributed by atoms with van der Waals surface area (Å²) in [7, 11) is 0. The second kappa shape index (κ2) is 12.2. The van der Waals surface area contributed by atoms with Gasteiger partial charge in [-0.15, -0.1) is 0 Å². The molecule has 0 saturated carbocycles. The molecular weight excluding hydrogens is 518 g/mol. The molecule has 2 atom stereocenters. The van der Waals surface area contributed by atoms with E-state index in [9.17, 15) is 9.59 Å². The van der Waals surface area contributed by atoms with E-state index >= 15 is 0 Å². The van der Waals surface area contributed by atoms with Crippen molar-refractivity contribution in [2.45, 2.75) is 31.7 Å². The van der Waals surface area contributed by atoms with E-state index in [1.165, 1.54) is 0 Å². The van der Waals surface area contributed by atoms with Crippen molar-refractivity contribution in [1.82, 2.24) is 25.1 Å². The Morgan fingerprint density at radius 2 is 1.98 bits per heavy atom. The van der Waals surface area contributed by atoms with Crippen molar-refractivity contribution in [1.29, 1.82) is 0 Å². The molecule has 1 fully saturated rings. The minimum atomic E-state index is -0.415. The Balaban J connectivity index is 1.22. The van der Waals surface area contributed by atoms with Crippen LogP contribution >= 0.6 is 0 Å². The maximum Gasteiger partial charge on any atom is 0.246 e. The number of ether oxygens (including phenoxy) is 2. The van der Waals surface area contributed by atoms with Gasteiger partial charge in [0.25, 0.3) is 0 Å². The Morgan fingerprint density at radius 3 is 2.83 bits per heavy atom. The van der Waals surface area contributed by atoms with Gasteiger partial charge in [-0.25, -0.2) is 4.98 Å². The van der Waals surface area contributed by atoms with Crippen LogP contribution in [0.3, 0.4) is 0 Å². The molecule has 4 aliphatic heterocycles. The van der Waals surface area contributed by atoms with Gasteiger partial charge in [-0.2, -0.15) is 0 Å². The van der Waals surface area contributed by atoms with Crippen LogP contribution in [0.25, 0.3) is 6.08 Å². The topological polar surface area (TPSA) is 99.8 Å². The average Bonchev–Trinajstić information content (AvgIpc) is 3.65. The number of amides is 2. The number of rotatable bonds is 4. The predicted molar refractivity (Wildman–Crippen MR) is 155 cm³/mol. The van der Waals surface area contributed by atoms with Crippen LogP contribution in [-0.4, -0.2) is 77.5 Å². The van der Waals surface area contributed by atoms with Crippen molar-refractivity contribution >= 4 is 17.9 Å². The predicted octanol–water partition coefficient (Wildman–Crippen LogP) is 3.61. The molecule has 1 spiro atoms. The maximum absolute atomic E-state index is 13.3. The molecule has 214 valence electrons. The fraction of sp³-hybridized carbons (Fsp3) is 0.406. The van der Waals surface area contributed by atoms with Gasteiger partial charge >= 0.3 is 0 Å². The summed E-state index contributed by atoms with van der Waals surface area (Å²) < 4.78 is 12.7. The summed E-state index contributed by atoms with van der Waals surface area (Å²) >= 11 is 0. The van der Waals surface area contributed by atoms with Gasteiger partial charge in [0.15, 0.2) is 11.5 Å². The Kier molecular flexibility index (Phi) is 8.04. The summed E-state index contributed by atoms with van der Waals surface area (Å²) in [6, 6.07) is 15.9. The number of aromatic amines is 1. The summed E-state index contributed by atoms with van der Waals surface area (Å²) in [4.78, 5) is 37.9. The zero-order chi connectivity index (χ0) is 28.1. The van der Waals surface area contributed by atoms with Gasteiger partial charge in [0.05, 0.1) is 19.5 Å². The largest absolute Gasteiger partial charge is 0.490 e. The number of carbonyl (C=O) groups excluding carboxylic acids is 2. The fourth-order valence-electron chi connectivity index (χ4n) is 6.25. The third-order valence-corrected chi connectivity index (χ3v) is 8.41. The van der Waals surface area contributed by atoms with Crippen molar-refractivity contribution in [2.75, 3.05) is 45.9 Å². The molecule has 1 saturated heterocycles. The second-order valence-corrected chi connectivity index (χ2v) is 11.3. The minimum Gasteiger partial charge on any atom is -0.490 e. The number of likely N-dealkylation sites (tertiary alicyclic amines) is 1. The van der Waals surface area contributed by atoms with E-state index in [4.69, 9.17) is 9.47 Å². The number of imidazole rings is 1. The molecule has 9 nitrogen and oxygen atoms in total. The summed E-state index contributed by atoms with van der Waals surface area (Å²) in [5, 5.41) is 3.20. The molecule has 2 amide bonds. The molecule has 0 aliphatic carbocycles. The number of para-hydroxylation sites is 1. The SMILES string of the molecule is O=C1CCCN(Cc2cnc[nH]2)CCCOc2cccc3c2OC[C@@]2(CN1)CN(C(=O)/C=C/c1ccccc1)C[C@@H]32. The van der Waals surface area contributed by atoms with Crippen molar-refractivity contribution in [2.24, 2.45) is 5.41 Å². The van der Waals surface area contributed by atoms with Crippen LogP contribution in [0.4, 0.5) is 0 Å². The Morgan fingerprint density at radius 1 is 1.10 bits per heavy atom. The van der Waals surface area contributed by atoms with Gasteiger partial charge in [0.2, 0.25) is 11.8 Å². The minimum absolute atomic E-state index is 0.0296. The molecule has 2 N–H and O–H groups in total. The average molecular weight is 556 g/mol. The summed E-state index contributed by atoms with van der Waals surface area (Å²) in [6.07, 6.45) is 9.07. The molecule has 0 unspecified atom stereocenters. The Bertz CT molecular complexity index is 1380. The highest BCUT2D eigenvalue weighted by atomic mass is 16.5. The third-order valence-electron chi connectivity index (χ3n) is 8.41. The first-order valence-electron chi connectivity index (χ1n) is 14.5. The molecule has 2 aromatic carbocycles. The van der Waals surface area contributed by atoms with Crippen LogP contribution in [-0.2, 0) is 16.1 Å². The van der Waals surface area contributed by atoms with E-state index in [0.717, 1.165) is 60.8 Å². The molecular formula is C32H37N5O4. The number of nitrogens with zero attached hydrogens (tertiary/aromatic N) is 3. The summed E-state index contributed by atoms with van der Waals surface area (Å²) in [5.74, 6) is 1.52. The van der Waals surface area contributed by atoms with Crippen LogP contribution in [0.2, 0.25) is 0 Å². The number of hydrogen-bond donors (Lipinski definition) is 2. The van der Waals surface area contributed by atoms with Crippen LogP contribution in [0, 0.1) is 5.41 Å². The molecule has 4 bridgehead atoms. The lowest BCUT2D eigenvalue weighted by Crippen LogP contribution is -2.48. The van der Waals surface area contributed by atoms with Crippen molar-refractivity contribution < 1.29 is 19.1 Å². The normalized spacial score (nSPS) is 23.6. The lowest BCUT2D eigenvalue weighted by molar-refractivity contribution is -0.125. The number of benzene rings is 2. The summed E-state index contributed by atoms with van der Waals surface area (Å²) in [5.41, 5.74) is 2.66. The highest BCUT2D eigenvalue weighted by molar-refractivity contribution is 5.92. The van der Waals surface area contributed by atoms with Crippen molar-refractivity contribution in [3.05, 3.63) is 84.0 Å². The first kappa shape index (κ1) is 27.1. The highest BCUT2D eigenvalue weighted by Gasteiger charge is 2.52.